The minimum Gasteiger partial charge on any atom is -0.0842 e. The highest BCUT2D eigenvalue weighted by Gasteiger charge is 2.09. The van der Waals surface area contributed by atoms with Crippen LogP contribution in [0.3, 0.4) is 0 Å². The third-order valence-corrected chi connectivity index (χ3v) is 3.48. The maximum atomic E-state index is 6.13. The van der Waals surface area contributed by atoms with E-state index in [-0.39, 0.29) is 0 Å². The second kappa shape index (κ2) is 4.97. The Kier molecular flexibility index (Phi) is 3.81. The molecule has 0 aliphatic carbocycles. The Balaban J connectivity index is 2.60. The van der Waals surface area contributed by atoms with Crippen LogP contribution in [-0.4, -0.2) is 0 Å². The van der Waals surface area contributed by atoms with E-state index in [1.165, 1.54) is 0 Å². The van der Waals surface area contributed by atoms with E-state index in [2.05, 4.69) is 15.9 Å². The van der Waals surface area contributed by atoms with Crippen molar-refractivity contribution in [1.82, 2.24) is 0 Å². The first kappa shape index (κ1) is 12.3. The molecule has 0 fully saturated rings. The SMILES string of the molecule is Clc1cc(Cl)c(-c2ccc(Br)cc2)c(Cl)c1. The molecule has 0 aliphatic rings. The molecule has 16 heavy (non-hydrogen) atoms. The van der Waals surface area contributed by atoms with Gasteiger partial charge in [0.1, 0.15) is 0 Å². The quantitative estimate of drug-likeness (QED) is 0.592. The summed E-state index contributed by atoms with van der Waals surface area (Å²) in [6.45, 7) is 0. The van der Waals surface area contributed by atoms with Gasteiger partial charge < -0.3 is 0 Å². The van der Waals surface area contributed by atoms with Gasteiger partial charge in [-0.15, -0.1) is 0 Å². The van der Waals surface area contributed by atoms with Gasteiger partial charge in [0.15, 0.2) is 0 Å². The van der Waals surface area contributed by atoms with Gasteiger partial charge in [-0.05, 0) is 29.8 Å². The molecule has 0 aliphatic heterocycles. The van der Waals surface area contributed by atoms with Gasteiger partial charge in [0.2, 0.25) is 0 Å². The van der Waals surface area contributed by atoms with Crippen molar-refractivity contribution in [2.75, 3.05) is 0 Å². The number of benzene rings is 2. The fraction of sp³-hybridized carbons (Fsp3) is 0. The van der Waals surface area contributed by atoms with E-state index in [1.54, 1.807) is 12.1 Å². The van der Waals surface area contributed by atoms with Crippen molar-refractivity contribution in [3.63, 3.8) is 0 Å². The second-order valence-electron chi connectivity index (χ2n) is 3.25. The van der Waals surface area contributed by atoms with E-state index >= 15 is 0 Å². The summed E-state index contributed by atoms with van der Waals surface area (Å²) < 4.78 is 1.01. The zero-order valence-corrected chi connectivity index (χ0v) is 11.8. The highest BCUT2D eigenvalue weighted by Crippen LogP contribution is 2.37. The lowest BCUT2D eigenvalue weighted by molar-refractivity contribution is 1.59. The molecular weight excluding hydrogens is 330 g/mol. The van der Waals surface area contributed by atoms with Crippen LogP contribution in [-0.2, 0) is 0 Å². The van der Waals surface area contributed by atoms with E-state index in [0.29, 0.717) is 15.1 Å². The Hall–Kier alpha value is -0.210. The van der Waals surface area contributed by atoms with Crippen LogP contribution in [0.15, 0.2) is 40.9 Å². The minimum atomic E-state index is 0.538. The summed E-state index contributed by atoms with van der Waals surface area (Å²) in [6, 6.07) is 11.2. The predicted octanol–water partition coefficient (Wildman–Crippen LogP) is 6.08. The van der Waals surface area contributed by atoms with Crippen molar-refractivity contribution in [3.05, 3.63) is 55.9 Å². The van der Waals surface area contributed by atoms with Gasteiger partial charge in [-0.1, -0.05) is 62.9 Å². The van der Waals surface area contributed by atoms with Gasteiger partial charge in [0.05, 0.1) is 10.0 Å². The first-order valence-electron chi connectivity index (χ1n) is 4.48. The molecule has 2 rings (SSSR count). The van der Waals surface area contributed by atoms with Gasteiger partial charge in [-0.3, -0.25) is 0 Å². The van der Waals surface area contributed by atoms with Crippen molar-refractivity contribution < 1.29 is 0 Å². The second-order valence-corrected chi connectivity index (χ2v) is 5.42. The third-order valence-electron chi connectivity index (χ3n) is 2.14. The molecule has 2 aromatic rings. The molecule has 0 atom stereocenters. The number of halogens is 4. The molecule has 0 radical (unpaired) electrons. The van der Waals surface area contributed by atoms with Gasteiger partial charge in [-0.2, -0.15) is 0 Å². The van der Waals surface area contributed by atoms with E-state index in [1.807, 2.05) is 24.3 Å². The normalized spacial score (nSPS) is 10.5. The molecule has 0 heterocycles. The molecule has 0 amide bonds. The Morgan fingerprint density at radius 2 is 1.31 bits per heavy atom. The van der Waals surface area contributed by atoms with Crippen molar-refractivity contribution in [2.24, 2.45) is 0 Å². The average Bonchev–Trinajstić information content (AvgIpc) is 2.19. The number of rotatable bonds is 1. The van der Waals surface area contributed by atoms with E-state index in [0.717, 1.165) is 15.6 Å². The molecule has 0 saturated heterocycles. The van der Waals surface area contributed by atoms with Crippen molar-refractivity contribution in [3.8, 4) is 11.1 Å². The summed E-state index contributed by atoms with van der Waals surface area (Å²) in [5.41, 5.74) is 1.77. The molecule has 0 N–H and O–H groups in total. The van der Waals surface area contributed by atoms with Crippen molar-refractivity contribution >= 4 is 50.7 Å². The van der Waals surface area contributed by atoms with Gasteiger partial charge in [0, 0.05) is 15.1 Å². The summed E-state index contributed by atoms with van der Waals surface area (Å²) in [5, 5.41) is 1.65. The largest absolute Gasteiger partial charge is 0.0842 e. The summed E-state index contributed by atoms with van der Waals surface area (Å²) in [7, 11) is 0. The lowest BCUT2D eigenvalue weighted by Crippen LogP contribution is -1.82. The third kappa shape index (κ3) is 2.54. The maximum Gasteiger partial charge on any atom is 0.0514 e. The van der Waals surface area contributed by atoms with Gasteiger partial charge in [0.25, 0.3) is 0 Å². The molecule has 2 aromatic carbocycles. The Labute approximate surface area is 117 Å². The molecular formula is C12H6BrCl3. The summed E-state index contributed by atoms with van der Waals surface area (Å²) in [6.07, 6.45) is 0. The summed E-state index contributed by atoms with van der Waals surface area (Å²) >= 11 is 21.5. The van der Waals surface area contributed by atoms with Crippen LogP contribution in [0.4, 0.5) is 0 Å². The first-order chi connectivity index (χ1) is 7.58. The minimum absolute atomic E-state index is 0.538. The summed E-state index contributed by atoms with van der Waals surface area (Å²) in [4.78, 5) is 0. The highest BCUT2D eigenvalue weighted by molar-refractivity contribution is 9.10. The summed E-state index contributed by atoms with van der Waals surface area (Å²) in [5.74, 6) is 0. The Morgan fingerprint density at radius 3 is 1.81 bits per heavy atom. The Bertz CT molecular complexity index is 497. The van der Waals surface area contributed by atoms with Crippen LogP contribution >= 0.6 is 50.7 Å². The molecule has 0 bridgehead atoms. The van der Waals surface area contributed by atoms with Crippen LogP contribution in [0.2, 0.25) is 15.1 Å². The van der Waals surface area contributed by atoms with E-state index in [4.69, 9.17) is 34.8 Å². The molecule has 0 aromatic heterocycles. The molecule has 82 valence electrons. The van der Waals surface area contributed by atoms with E-state index in [9.17, 15) is 0 Å². The lowest BCUT2D eigenvalue weighted by Gasteiger charge is -2.08. The smallest absolute Gasteiger partial charge is 0.0514 e. The first-order valence-corrected chi connectivity index (χ1v) is 6.41. The zero-order valence-electron chi connectivity index (χ0n) is 7.98. The highest BCUT2D eigenvalue weighted by atomic mass is 79.9. The van der Waals surface area contributed by atoms with Crippen LogP contribution < -0.4 is 0 Å². The predicted molar refractivity (Wildman–Crippen MR) is 74.6 cm³/mol. The monoisotopic (exact) mass is 334 g/mol. The van der Waals surface area contributed by atoms with Gasteiger partial charge >= 0.3 is 0 Å². The van der Waals surface area contributed by atoms with Crippen LogP contribution in [0.25, 0.3) is 11.1 Å². The fourth-order valence-electron chi connectivity index (χ4n) is 1.43. The Morgan fingerprint density at radius 1 is 0.812 bits per heavy atom. The molecule has 0 spiro atoms. The maximum absolute atomic E-state index is 6.13. The fourth-order valence-corrected chi connectivity index (χ4v) is 2.73. The topological polar surface area (TPSA) is 0 Å². The van der Waals surface area contributed by atoms with Crippen LogP contribution in [0.5, 0.6) is 0 Å². The van der Waals surface area contributed by atoms with E-state index < -0.39 is 0 Å². The van der Waals surface area contributed by atoms with Gasteiger partial charge in [-0.25, -0.2) is 0 Å². The van der Waals surface area contributed by atoms with Crippen molar-refractivity contribution in [1.29, 1.82) is 0 Å². The standard InChI is InChI=1S/C12H6BrCl3/c13-8-3-1-7(2-4-8)12-10(15)5-9(14)6-11(12)16/h1-6H. The average molecular weight is 336 g/mol. The number of hydrogen-bond donors (Lipinski definition) is 0. The molecule has 0 nitrogen and oxygen atoms in total. The molecule has 4 heteroatoms. The lowest BCUT2D eigenvalue weighted by atomic mass is 10.1. The molecule has 0 saturated carbocycles. The zero-order chi connectivity index (χ0) is 11.7. The number of hydrogen-bond acceptors (Lipinski definition) is 0. The molecule has 0 unspecified atom stereocenters. The van der Waals surface area contributed by atoms with Crippen molar-refractivity contribution in [2.45, 2.75) is 0 Å². The van der Waals surface area contributed by atoms with Crippen LogP contribution in [0, 0.1) is 0 Å². The van der Waals surface area contributed by atoms with Crippen LogP contribution in [0.1, 0.15) is 0 Å².